The lowest BCUT2D eigenvalue weighted by molar-refractivity contribution is -0.140. The largest absolute Gasteiger partial charge is 0.326 e. The van der Waals surface area contributed by atoms with Gasteiger partial charge in [0, 0.05) is 32.8 Å². The number of anilines is 1. The summed E-state index contributed by atoms with van der Waals surface area (Å²) in [6, 6.07) is 3.98. The van der Waals surface area contributed by atoms with Gasteiger partial charge in [0.15, 0.2) is 0 Å². The SMILES string of the molecule is Cc1cc(NC(=O)CCCCCN2C(=O)[C@H]3[C@@H]4C[C@@H]([C@@H](Br)[C@@H]4Br)[C@@H]3C2=O)c(C)cc1Br. The van der Waals surface area contributed by atoms with E-state index in [1.165, 1.54) is 4.90 Å². The van der Waals surface area contributed by atoms with E-state index in [1.807, 2.05) is 26.0 Å². The first-order valence-electron chi connectivity index (χ1n) is 10.9. The highest BCUT2D eigenvalue weighted by molar-refractivity contribution is 9.12. The summed E-state index contributed by atoms with van der Waals surface area (Å²) in [5.74, 6) is 0.273. The molecule has 1 heterocycles. The van der Waals surface area contributed by atoms with Crippen molar-refractivity contribution in [3.63, 3.8) is 0 Å². The van der Waals surface area contributed by atoms with Gasteiger partial charge in [0.05, 0.1) is 11.8 Å². The van der Waals surface area contributed by atoms with Crippen LogP contribution < -0.4 is 5.32 Å². The van der Waals surface area contributed by atoms with Crippen LogP contribution in [0.25, 0.3) is 0 Å². The molecule has 1 saturated heterocycles. The molecule has 0 spiro atoms. The molecule has 2 bridgehead atoms. The first-order valence-corrected chi connectivity index (χ1v) is 13.5. The predicted molar refractivity (Wildman–Crippen MR) is 131 cm³/mol. The molecule has 2 aliphatic carbocycles. The lowest BCUT2D eigenvalue weighted by Gasteiger charge is -2.28. The fourth-order valence-corrected chi connectivity index (χ4v) is 7.82. The van der Waals surface area contributed by atoms with E-state index in [9.17, 15) is 14.4 Å². The highest BCUT2D eigenvalue weighted by Gasteiger charge is 2.66. The number of likely N-dealkylation sites (tertiary alicyclic amines) is 1. The Morgan fingerprint density at radius 2 is 1.61 bits per heavy atom. The average Bonchev–Trinajstić information content (AvgIpc) is 3.32. The van der Waals surface area contributed by atoms with Crippen LogP contribution in [0.1, 0.15) is 43.2 Å². The third-order valence-electron chi connectivity index (χ3n) is 7.14. The normalized spacial score (nSPS) is 31.5. The van der Waals surface area contributed by atoms with Gasteiger partial charge in [-0.15, -0.1) is 0 Å². The number of imide groups is 1. The molecule has 4 rings (SSSR count). The number of nitrogens with zero attached hydrogens (tertiary/aromatic N) is 1. The van der Waals surface area contributed by atoms with E-state index in [0.717, 1.165) is 47.0 Å². The Morgan fingerprint density at radius 1 is 1.00 bits per heavy atom. The van der Waals surface area contributed by atoms with Crippen molar-refractivity contribution in [2.24, 2.45) is 23.7 Å². The van der Waals surface area contributed by atoms with Crippen LogP contribution >= 0.6 is 47.8 Å². The van der Waals surface area contributed by atoms with Crippen LogP contribution in [0.5, 0.6) is 0 Å². The van der Waals surface area contributed by atoms with E-state index in [0.29, 0.717) is 13.0 Å². The van der Waals surface area contributed by atoms with Crippen LogP contribution in [0.15, 0.2) is 16.6 Å². The van der Waals surface area contributed by atoms with Crippen molar-refractivity contribution in [3.05, 3.63) is 27.7 Å². The van der Waals surface area contributed by atoms with Crippen molar-refractivity contribution in [1.82, 2.24) is 4.90 Å². The van der Waals surface area contributed by atoms with Crippen molar-refractivity contribution in [2.45, 2.75) is 55.6 Å². The van der Waals surface area contributed by atoms with Gasteiger partial charge in [-0.3, -0.25) is 19.3 Å². The molecule has 0 unspecified atom stereocenters. The quantitative estimate of drug-likeness (QED) is 0.255. The van der Waals surface area contributed by atoms with Gasteiger partial charge in [0.25, 0.3) is 0 Å². The second-order valence-electron chi connectivity index (χ2n) is 9.11. The smallest absolute Gasteiger partial charge is 0.233 e. The third-order valence-corrected chi connectivity index (χ3v) is 11.2. The fourth-order valence-electron chi connectivity index (χ4n) is 5.49. The molecule has 6 atom stereocenters. The summed E-state index contributed by atoms with van der Waals surface area (Å²) in [7, 11) is 0. The summed E-state index contributed by atoms with van der Waals surface area (Å²) >= 11 is 10.9. The lowest BCUT2D eigenvalue weighted by atomic mass is 9.81. The Hall–Kier alpha value is -0.730. The van der Waals surface area contributed by atoms with Gasteiger partial charge in [-0.05, 0) is 68.2 Å². The molecule has 1 aromatic rings. The molecule has 0 radical (unpaired) electrons. The number of unbranched alkanes of at least 4 members (excludes halogenated alkanes) is 2. The summed E-state index contributed by atoms with van der Waals surface area (Å²) < 4.78 is 1.03. The topological polar surface area (TPSA) is 66.5 Å². The van der Waals surface area contributed by atoms with Gasteiger partial charge in [0.1, 0.15) is 0 Å². The molecule has 8 heteroatoms. The molecule has 3 aliphatic rings. The number of carbonyl (C=O) groups is 3. The van der Waals surface area contributed by atoms with Crippen LogP contribution in [-0.2, 0) is 14.4 Å². The van der Waals surface area contributed by atoms with Gasteiger partial charge in [0.2, 0.25) is 17.7 Å². The maximum Gasteiger partial charge on any atom is 0.233 e. The summed E-state index contributed by atoms with van der Waals surface area (Å²) in [5, 5.41) is 2.99. The Morgan fingerprint density at radius 3 is 2.23 bits per heavy atom. The molecule has 1 aromatic carbocycles. The minimum atomic E-state index is -0.140. The minimum Gasteiger partial charge on any atom is -0.326 e. The van der Waals surface area contributed by atoms with Crippen LogP contribution in [0.2, 0.25) is 0 Å². The first-order chi connectivity index (χ1) is 14.7. The summed E-state index contributed by atoms with van der Waals surface area (Å²) in [4.78, 5) is 40.1. The molecule has 1 N–H and O–H groups in total. The number of alkyl halides is 2. The molecule has 3 amide bonds. The van der Waals surface area contributed by atoms with Gasteiger partial charge < -0.3 is 5.32 Å². The van der Waals surface area contributed by atoms with E-state index < -0.39 is 0 Å². The molecule has 0 aromatic heterocycles. The highest BCUT2D eigenvalue weighted by Crippen LogP contribution is 2.60. The standard InChI is InChI=1S/C23H27Br3N2O3/c1-11-9-16(12(2)8-15(11)24)27-17(29)6-4-3-5-7-28-22(30)18-13-10-14(19(18)23(28)31)21(26)20(13)25/h8-9,13-14,18-21H,3-7,10H2,1-2H3,(H,27,29)/t13-,14+,18-,19-,20+,21+/m0/s1. The van der Waals surface area contributed by atoms with Crippen molar-refractivity contribution >= 4 is 71.2 Å². The Labute approximate surface area is 208 Å². The zero-order valence-corrected chi connectivity index (χ0v) is 22.4. The second kappa shape index (κ2) is 9.26. The Bertz CT molecular complexity index is 890. The van der Waals surface area contributed by atoms with E-state index >= 15 is 0 Å². The molecule has 168 valence electrons. The Balaban J connectivity index is 1.22. The number of benzene rings is 1. The maximum absolute atomic E-state index is 12.9. The maximum atomic E-state index is 12.9. The first kappa shape index (κ1) is 23.4. The number of hydrogen-bond acceptors (Lipinski definition) is 3. The van der Waals surface area contributed by atoms with Crippen molar-refractivity contribution < 1.29 is 14.4 Å². The predicted octanol–water partition coefficient (Wildman–Crippen LogP) is 5.34. The van der Waals surface area contributed by atoms with E-state index in [4.69, 9.17) is 0 Å². The minimum absolute atomic E-state index is 0.00372. The van der Waals surface area contributed by atoms with Crippen molar-refractivity contribution in [2.75, 3.05) is 11.9 Å². The molecular formula is C23H27Br3N2O3. The summed E-state index contributed by atoms with van der Waals surface area (Å²) in [5.41, 5.74) is 2.94. The van der Waals surface area contributed by atoms with Crippen LogP contribution in [0.4, 0.5) is 5.69 Å². The number of fused-ring (bicyclic) bond motifs is 5. The number of rotatable bonds is 7. The summed E-state index contributed by atoms with van der Waals surface area (Å²) in [6.45, 7) is 4.44. The molecule has 31 heavy (non-hydrogen) atoms. The lowest BCUT2D eigenvalue weighted by Crippen LogP contribution is -2.37. The Kier molecular flexibility index (Phi) is 7.00. The molecule has 1 aliphatic heterocycles. The zero-order valence-electron chi connectivity index (χ0n) is 17.7. The van der Waals surface area contributed by atoms with Crippen LogP contribution in [0, 0.1) is 37.5 Å². The van der Waals surface area contributed by atoms with Gasteiger partial charge in [-0.25, -0.2) is 0 Å². The molecular weight excluding hydrogens is 592 g/mol. The fraction of sp³-hybridized carbons (Fsp3) is 0.609. The number of nitrogens with one attached hydrogen (secondary N) is 1. The monoisotopic (exact) mass is 616 g/mol. The second-order valence-corrected chi connectivity index (χ2v) is 12.1. The van der Waals surface area contributed by atoms with E-state index in [1.54, 1.807) is 0 Å². The number of halogens is 3. The van der Waals surface area contributed by atoms with E-state index in [2.05, 4.69) is 53.1 Å². The zero-order chi connectivity index (χ0) is 22.4. The molecule has 2 saturated carbocycles. The number of hydrogen-bond donors (Lipinski definition) is 1. The molecule has 5 nitrogen and oxygen atoms in total. The number of amides is 3. The highest BCUT2D eigenvalue weighted by atomic mass is 79.9. The van der Waals surface area contributed by atoms with Crippen LogP contribution in [0.3, 0.4) is 0 Å². The van der Waals surface area contributed by atoms with Gasteiger partial charge >= 0.3 is 0 Å². The van der Waals surface area contributed by atoms with Gasteiger partial charge in [-0.2, -0.15) is 0 Å². The third kappa shape index (κ3) is 4.29. The summed E-state index contributed by atoms with van der Waals surface area (Å²) in [6.07, 6.45) is 3.68. The van der Waals surface area contributed by atoms with Crippen molar-refractivity contribution in [1.29, 1.82) is 0 Å². The number of carbonyl (C=O) groups excluding carboxylic acids is 3. The van der Waals surface area contributed by atoms with Crippen LogP contribution in [-0.4, -0.2) is 38.8 Å². The van der Waals surface area contributed by atoms with Crippen molar-refractivity contribution in [3.8, 4) is 0 Å². The average molecular weight is 619 g/mol. The van der Waals surface area contributed by atoms with Gasteiger partial charge in [-0.1, -0.05) is 54.2 Å². The molecule has 3 fully saturated rings. The van der Waals surface area contributed by atoms with E-state index in [-0.39, 0.29) is 51.0 Å². The number of aryl methyl sites for hydroxylation is 2.